The standard InChI is InChI=1S/C7H10N2O/c10-7-3-1-2-6-5(7)4-8-9-6/h1,3,5-6,8-9H,2,4H2. The van der Waals surface area contributed by atoms with E-state index in [1.807, 2.05) is 6.08 Å². The minimum absolute atomic E-state index is 0.185. The molecule has 2 rings (SSSR count). The SMILES string of the molecule is O=C1C=CCC2NNCC12. The maximum Gasteiger partial charge on any atom is 0.161 e. The summed E-state index contributed by atoms with van der Waals surface area (Å²) in [5, 5.41) is 0. The summed E-state index contributed by atoms with van der Waals surface area (Å²) in [6.45, 7) is 0.786. The lowest BCUT2D eigenvalue weighted by Gasteiger charge is -2.17. The fraction of sp³-hybridized carbons (Fsp3) is 0.571. The lowest BCUT2D eigenvalue weighted by Crippen LogP contribution is -2.34. The largest absolute Gasteiger partial charge is 0.294 e. The minimum Gasteiger partial charge on any atom is -0.294 e. The summed E-state index contributed by atoms with van der Waals surface area (Å²) in [5.41, 5.74) is 6.05. The van der Waals surface area contributed by atoms with Crippen molar-refractivity contribution < 1.29 is 4.79 Å². The maximum atomic E-state index is 11.1. The Bertz CT molecular complexity index is 188. The van der Waals surface area contributed by atoms with Crippen LogP contribution in [0.1, 0.15) is 6.42 Å². The molecule has 54 valence electrons. The average Bonchev–Trinajstić information content (AvgIpc) is 2.36. The van der Waals surface area contributed by atoms with Crippen molar-refractivity contribution >= 4 is 5.78 Å². The van der Waals surface area contributed by atoms with Crippen LogP contribution in [0.5, 0.6) is 0 Å². The number of hydrazine groups is 1. The summed E-state index contributed by atoms with van der Waals surface area (Å²) in [4.78, 5) is 11.1. The number of rotatable bonds is 0. The van der Waals surface area contributed by atoms with E-state index in [9.17, 15) is 4.79 Å². The molecular weight excluding hydrogens is 128 g/mol. The van der Waals surface area contributed by atoms with Crippen LogP contribution in [0.4, 0.5) is 0 Å². The van der Waals surface area contributed by atoms with E-state index >= 15 is 0 Å². The van der Waals surface area contributed by atoms with E-state index in [2.05, 4.69) is 10.9 Å². The molecule has 0 aromatic heterocycles. The topological polar surface area (TPSA) is 41.1 Å². The Hall–Kier alpha value is -0.670. The number of hydrogen-bond donors (Lipinski definition) is 2. The van der Waals surface area contributed by atoms with Crippen molar-refractivity contribution in [1.29, 1.82) is 0 Å². The maximum absolute atomic E-state index is 11.1. The second-order valence-electron chi connectivity index (χ2n) is 2.78. The molecule has 0 aromatic rings. The highest BCUT2D eigenvalue weighted by Crippen LogP contribution is 2.17. The first kappa shape index (κ1) is 6.07. The van der Waals surface area contributed by atoms with E-state index in [1.54, 1.807) is 6.08 Å². The lowest BCUT2D eigenvalue weighted by molar-refractivity contribution is -0.118. The quantitative estimate of drug-likeness (QED) is 0.479. The zero-order valence-electron chi connectivity index (χ0n) is 5.63. The summed E-state index contributed by atoms with van der Waals surface area (Å²) in [5.74, 6) is 0.443. The highest BCUT2D eigenvalue weighted by atomic mass is 16.1. The zero-order valence-corrected chi connectivity index (χ0v) is 5.63. The summed E-state index contributed by atoms with van der Waals surface area (Å²) >= 11 is 0. The predicted octanol–water partition coefficient (Wildman–Crippen LogP) is -0.392. The first-order valence-electron chi connectivity index (χ1n) is 3.57. The van der Waals surface area contributed by atoms with E-state index in [-0.39, 0.29) is 11.7 Å². The van der Waals surface area contributed by atoms with Crippen molar-refractivity contribution in [2.75, 3.05) is 6.54 Å². The van der Waals surface area contributed by atoms with Gasteiger partial charge < -0.3 is 0 Å². The minimum atomic E-state index is 0.185. The van der Waals surface area contributed by atoms with E-state index in [1.165, 1.54) is 0 Å². The zero-order chi connectivity index (χ0) is 6.97. The number of ketones is 1. The number of allylic oxidation sites excluding steroid dienone is 1. The van der Waals surface area contributed by atoms with Gasteiger partial charge in [0.25, 0.3) is 0 Å². The normalized spacial score (nSPS) is 38.2. The fourth-order valence-electron chi connectivity index (χ4n) is 1.52. The molecule has 1 saturated heterocycles. The molecule has 1 fully saturated rings. The number of nitrogens with one attached hydrogen (secondary N) is 2. The number of carbonyl (C=O) groups excluding carboxylic acids is 1. The molecule has 0 radical (unpaired) electrons. The van der Waals surface area contributed by atoms with Crippen LogP contribution in [0, 0.1) is 5.92 Å². The molecular formula is C7H10N2O. The summed E-state index contributed by atoms with van der Waals surface area (Å²) in [7, 11) is 0. The highest BCUT2D eigenvalue weighted by molar-refractivity contribution is 5.93. The molecule has 0 aromatic carbocycles. The second kappa shape index (κ2) is 2.18. The molecule has 1 heterocycles. The Labute approximate surface area is 59.5 Å². The van der Waals surface area contributed by atoms with E-state index in [0.717, 1.165) is 13.0 Å². The fourth-order valence-corrected chi connectivity index (χ4v) is 1.52. The van der Waals surface area contributed by atoms with Crippen LogP contribution in [0.15, 0.2) is 12.2 Å². The molecule has 1 aliphatic carbocycles. The average molecular weight is 138 g/mol. The smallest absolute Gasteiger partial charge is 0.161 e. The van der Waals surface area contributed by atoms with Crippen LogP contribution in [-0.2, 0) is 4.79 Å². The molecule has 3 heteroatoms. The Kier molecular flexibility index (Phi) is 1.32. The molecule has 2 N–H and O–H groups in total. The highest BCUT2D eigenvalue weighted by Gasteiger charge is 2.32. The number of hydrogen-bond acceptors (Lipinski definition) is 3. The lowest BCUT2D eigenvalue weighted by atomic mass is 9.90. The van der Waals surface area contributed by atoms with Gasteiger partial charge in [0, 0.05) is 12.6 Å². The second-order valence-corrected chi connectivity index (χ2v) is 2.78. The van der Waals surface area contributed by atoms with Crippen LogP contribution in [-0.4, -0.2) is 18.4 Å². The van der Waals surface area contributed by atoms with Crippen LogP contribution in [0.3, 0.4) is 0 Å². The molecule has 0 saturated carbocycles. The van der Waals surface area contributed by atoms with Gasteiger partial charge in [0.1, 0.15) is 0 Å². The van der Waals surface area contributed by atoms with Crippen molar-refractivity contribution in [3.63, 3.8) is 0 Å². The summed E-state index contributed by atoms with van der Waals surface area (Å²) in [6, 6.07) is 0.345. The van der Waals surface area contributed by atoms with Crippen molar-refractivity contribution in [2.45, 2.75) is 12.5 Å². The summed E-state index contributed by atoms with van der Waals surface area (Å²) < 4.78 is 0. The Morgan fingerprint density at radius 3 is 3.30 bits per heavy atom. The van der Waals surface area contributed by atoms with Crippen molar-refractivity contribution in [3.05, 3.63) is 12.2 Å². The van der Waals surface area contributed by atoms with Crippen molar-refractivity contribution in [1.82, 2.24) is 10.9 Å². The first-order chi connectivity index (χ1) is 4.88. The van der Waals surface area contributed by atoms with Gasteiger partial charge in [0.05, 0.1) is 5.92 Å². The van der Waals surface area contributed by atoms with Crippen LogP contribution >= 0.6 is 0 Å². The van der Waals surface area contributed by atoms with Gasteiger partial charge in [-0.05, 0) is 12.5 Å². The molecule has 10 heavy (non-hydrogen) atoms. The van der Waals surface area contributed by atoms with Gasteiger partial charge in [-0.1, -0.05) is 6.08 Å². The van der Waals surface area contributed by atoms with E-state index in [0.29, 0.717) is 6.04 Å². The number of fused-ring (bicyclic) bond motifs is 1. The van der Waals surface area contributed by atoms with Gasteiger partial charge in [-0.15, -0.1) is 0 Å². The van der Waals surface area contributed by atoms with Crippen molar-refractivity contribution in [2.24, 2.45) is 5.92 Å². The van der Waals surface area contributed by atoms with Crippen molar-refractivity contribution in [3.8, 4) is 0 Å². The Morgan fingerprint density at radius 1 is 1.60 bits per heavy atom. The number of carbonyl (C=O) groups is 1. The van der Waals surface area contributed by atoms with Gasteiger partial charge in [-0.2, -0.15) is 0 Å². The van der Waals surface area contributed by atoms with Gasteiger partial charge in [0.15, 0.2) is 5.78 Å². The first-order valence-corrected chi connectivity index (χ1v) is 3.57. The van der Waals surface area contributed by atoms with Gasteiger partial charge >= 0.3 is 0 Å². The van der Waals surface area contributed by atoms with Gasteiger partial charge in [-0.25, -0.2) is 0 Å². The van der Waals surface area contributed by atoms with Crippen LogP contribution in [0.2, 0.25) is 0 Å². The van der Waals surface area contributed by atoms with Crippen LogP contribution < -0.4 is 10.9 Å². The molecule has 2 atom stereocenters. The monoisotopic (exact) mass is 138 g/mol. The van der Waals surface area contributed by atoms with Gasteiger partial charge in [-0.3, -0.25) is 15.6 Å². The van der Waals surface area contributed by atoms with Gasteiger partial charge in [0.2, 0.25) is 0 Å². The third-order valence-electron chi connectivity index (χ3n) is 2.13. The predicted molar refractivity (Wildman–Crippen MR) is 37.2 cm³/mol. The Balaban J connectivity index is 2.20. The molecule has 2 aliphatic rings. The summed E-state index contributed by atoms with van der Waals surface area (Å²) in [6.07, 6.45) is 4.60. The molecule has 0 bridgehead atoms. The molecule has 0 amide bonds. The van der Waals surface area contributed by atoms with E-state index < -0.39 is 0 Å². The molecule has 3 nitrogen and oxygen atoms in total. The third-order valence-corrected chi connectivity index (χ3v) is 2.13. The molecule has 2 unspecified atom stereocenters. The third kappa shape index (κ3) is 0.786. The Morgan fingerprint density at radius 2 is 2.50 bits per heavy atom. The molecule has 0 spiro atoms. The molecule has 1 aliphatic heterocycles. The van der Waals surface area contributed by atoms with E-state index in [4.69, 9.17) is 0 Å². The van der Waals surface area contributed by atoms with Crippen LogP contribution in [0.25, 0.3) is 0 Å².